The lowest BCUT2D eigenvalue weighted by molar-refractivity contribution is -0.121. The summed E-state index contributed by atoms with van der Waals surface area (Å²) < 4.78 is 30.3. The molecule has 0 unspecified atom stereocenters. The summed E-state index contributed by atoms with van der Waals surface area (Å²) in [6.45, 7) is 4.14. The lowest BCUT2D eigenvalue weighted by Gasteiger charge is -2.28. The predicted octanol–water partition coefficient (Wildman–Crippen LogP) is 1.77. The van der Waals surface area contributed by atoms with Crippen molar-refractivity contribution in [3.05, 3.63) is 24.3 Å². The summed E-state index contributed by atoms with van der Waals surface area (Å²) >= 11 is 0. The lowest BCUT2D eigenvalue weighted by Crippen LogP contribution is -2.48. The van der Waals surface area contributed by atoms with E-state index >= 15 is 0 Å². The molecule has 124 valence electrons. The van der Waals surface area contributed by atoms with Crippen molar-refractivity contribution >= 4 is 21.6 Å². The van der Waals surface area contributed by atoms with E-state index in [0.717, 1.165) is 23.4 Å². The molecule has 1 atom stereocenters. The van der Waals surface area contributed by atoms with Crippen molar-refractivity contribution in [2.75, 3.05) is 24.2 Å². The van der Waals surface area contributed by atoms with Gasteiger partial charge < -0.3 is 10.1 Å². The molecule has 7 heteroatoms. The monoisotopic (exact) mass is 328 g/mol. The Bertz CT molecular complexity index is 584. The summed E-state index contributed by atoms with van der Waals surface area (Å²) in [7, 11) is -2.05. The number of hydrogen-bond donors (Lipinski definition) is 1. The highest BCUT2D eigenvalue weighted by Crippen LogP contribution is 2.23. The molecule has 1 aromatic rings. The number of benzene rings is 1. The van der Waals surface area contributed by atoms with Gasteiger partial charge in [-0.25, -0.2) is 8.42 Å². The maximum atomic E-state index is 12.2. The molecule has 6 nitrogen and oxygen atoms in total. The van der Waals surface area contributed by atoms with Crippen LogP contribution in [0.2, 0.25) is 0 Å². The van der Waals surface area contributed by atoms with Gasteiger partial charge in [0.05, 0.1) is 19.1 Å². The Labute approximate surface area is 132 Å². The second-order valence-electron chi connectivity index (χ2n) is 5.08. The Balaban J connectivity index is 3.00. The van der Waals surface area contributed by atoms with E-state index < -0.39 is 16.1 Å². The van der Waals surface area contributed by atoms with Gasteiger partial charge in [0.2, 0.25) is 15.9 Å². The van der Waals surface area contributed by atoms with Crippen LogP contribution < -0.4 is 14.4 Å². The fourth-order valence-electron chi connectivity index (χ4n) is 2.07. The van der Waals surface area contributed by atoms with Crippen LogP contribution in [0.15, 0.2) is 24.3 Å². The van der Waals surface area contributed by atoms with Gasteiger partial charge in [-0.1, -0.05) is 13.3 Å². The first-order valence-electron chi connectivity index (χ1n) is 7.22. The van der Waals surface area contributed by atoms with Gasteiger partial charge in [-0.3, -0.25) is 9.10 Å². The summed E-state index contributed by atoms with van der Waals surface area (Å²) in [5.41, 5.74) is 0.432. The molecule has 0 saturated carbocycles. The van der Waals surface area contributed by atoms with E-state index in [1.807, 2.05) is 6.92 Å². The zero-order chi connectivity index (χ0) is 16.8. The lowest BCUT2D eigenvalue weighted by atomic mass is 10.2. The van der Waals surface area contributed by atoms with Crippen molar-refractivity contribution in [3.8, 4) is 5.75 Å². The number of unbranched alkanes of at least 4 members (excludes halogenated alkanes) is 1. The van der Waals surface area contributed by atoms with Crippen molar-refractivity contribution in [2.24, 2.45) is 0 Å². The molecule has 0 bridgehead atoms. The van der Waals surface area contributed by atoms with Crippen LogP contribution in [0.1, 0.15) is 26.7 Å². The highest BCUT2D eigenvalue weighted by atomic mass is 32.2. The summed E-state index contributed by atoms with van der Waals surface area (Å²) in [6.07, 6.45) is 2.91. The Morgan fingerprint density at radius 3 is 2.36 bits per heavy atom. The molecule has 0 aromatic heterocycles. The number of carbonyl (C=O) groups excluding carboxylic acids is 1. The normalized spacial score (nSPS) is 12.5. The average molecular weight is 328 g/mol. The minimum absolute atomic E-state index is 0.310. The molecule has 0 spiro atoms. The summed E-state index contributed by atoms with van der Waals surface area (Å²) in [5, 5.41) is 2.76. The quantitative estimate of drug-likeness (QED) is 0.738. The van der Waals surface area contributed by atoms with Crippen LogP contribution in [-0.4, -0.2) is 40.3 Å². The molecule has 1 aromatic carbocycles. The van der Waals surface area contributed by atoms with Gasteiger partial charge in [-0.2, -0.15) is 0 Å². The molecule has 0 fully saturated rings. The fourth-order valence-corrected chi connectivity index (χ4v) is 3.25. The number of nitrogens with one attached hydrogen (secondary N) is 1. The van der Waals surface area contributed by atoms with Gasteiger partial charge in [0.15, 0.2) is 0 Å². The first kappa shape index (κ1) is 18.3. The minimum Gasteiger partial charge on any atom is -0.497 e. The topological polar surface area (TPSA) is 75.7 Å². The Kier molecular flexibility index (Phi) is 6.67. The first-order valence-corrected chi connectivity index (χ1v) is 9.07. The molecule has 1 N–H and O–H groups in total. The maximum Gasteiger partial charge on any atom is 0.243 e. The SMILES string of the molecule is CCCCNC(=O)[C@H](C)N(c1ccc(OC)cc1)S(C)(=O)=O. The Morgan fingerprint density at radius 2 is 1.91 bits per heavy atom. The number of sulfonamides is 1. The van der Waals surface area contributed by atoms with Crippen LogP contribution in [0.4, 0.5) is 5.69 Å². The van der Waals surface area contributed by atoms with Crippen LogP contribution in [0.3, 0.4) is 0 Å². The number of hydrogen-bond acceptors (Lipinski definition) is 4. The van der Waals surface area contributed by atoms with Crippen molar-refractivity contribution in [1.29, 1.82) is 0 Å². The zero-order valence-corrected chi connectivity index (χ0v) is 14.3. The van der Waals surface area contributed by atoms with Gasteiger partial charge in [0.25, 0.3) is 0 Å². The average Bonchev–Trinajstić information content (AvgIpc) is 2.46. The summed E-state index contributed by atoms with van der Waals surface area (Å²) in [6, 6.07) is 5.75. The number of ether oxygens (including phenoxy) is 1. The smallest absolute Gasteiger partial charge is 0.243 e. The van der Waals surface area contributed by atoms with Gasteiger partial charge >= 0.3 is 0 Å². The van der Waals surface area contributed by atoms with Gasteiger partial charge in [0, 0.05) is 6.54 Å². The molecular weight excluding hydrogens is 304 g/mol. The molecule has 1 amide bonds. The van der Waals surface area contributed by atoms with Gasteiger partial charge in [-0.05, 0) is 37.6 Å². The third-order valence-electron chi connectivity index (χ3n) is 3.24. The fraction of sp³-hybridized carbons (Fsp3) is 0.533. The Morgan fingerprint density at radius 1 is 1.32 bits per heavy atom. The van der Waals surface area contributed by atoms with E-state index in [1.54, 1.807) is 31.2 Å². The largest absolute Gasteiger partial charge is 0.497 e. The second kappa shape index (κ2) is 8.03. The highest BCUT2D eigenvalue weighted by molar-refractivity contribution is 7.92. The molecule has 22 heavy (non-hydrogen) atoms. The third-order valence-corrected chi connectivity index (χ3v) is 4.49. The standard InChI is InChI=1S/C15H24N2O4S/c1-5-6-11-16-15(18)12(2)17(22(4,19)20)13-7-9-14(21-3)10-8-13/h7-10,12H,5-6,11H2,1-4H3,(H,16,18)/t12-/m0/s1. The molecule has 1 rings (SSSR count). The number of methoxy groups -OCH3 is 1. The van der Waals surface area contributed by atoms with Gasteiger partial charge in [0.1, 0.15) is 11.8 Å². The zero-order valence-electron chi connectivity index (χ0n) is 13.5. The van der Waals surface area contributed by atoms with E-state index in [-0.39, 0.29) is 5.91 Å². The van der Waals surface area contributed by atoms with Crippen molar-refractivity contribution in [2.45, 2.75) is 32.7 Å². The van der Waals surface area contributed by atoms with E-state index in [2.05, 4.69) is 5.32 Å². The molecule has 0 aliphatic rings. The van der Waals surface area contributed by atoms with E-state index in [9.17, 15) is 13.2 Å². The Hall–Kier alpha value is -1.76. The number of nitrogens with zero attached hydrogens (tertiary/aromatic N) is 1. The molecule has 0 saturated heterocycles. The van der Waals surface area contributed by atoms with E-state index in [4.69, 9.17) is 4.74 Å². The van der Waals surface area contributed by atoms with Crippen molar-refractivity contribution < 1.29 is 17.9 Å². The van der Waals surface area contributed by atoms with Gasteiger partial charge in [-0.15, -0.1) is 0 Å². The first-order chi connectivity index (χ1) is 10.3. The summed E-state index contributed by atoms with van der Waals surface area (Å²) in [5.74, 6) is 0.312. The molecule has 0 aliphatic carbocycles. The van der Waals surface area contributed by atoms with Crippen molar-refractivity contribution in [3.63, 3.8) is 0 Å². The number of rotatable bonds is 8. The van der Waals surface area contributed by atoms with E-state index in [0.29, 0.717) is 18.0 Å². The predicted molar refractivity (Wildman–Crippen MR) is 87.7 cm³/mol. The highest BCUT2D eigenvalue weighted by Gasteiger charge is 2.28. The van der Waals surface area contributed by atoms with E-state index in [1.165, 1.54) is 7.11 Å². The molecule has 0 aliphatic heterocycles. The number of anilines is 1. The van der Waals surface area contributed by atoms with Crippen LogP contribution in [-0.2, 0) is 14.8 Å². The van der Waals surface area contributed by atoms with Crippen molar-refractivity contribution in [1.82, 2.24) is 5.32 Å². The van der Waals surface area contributed by atoms with Crippen LogP contribution in [0.25, 0.3) is 0 Å². The second-order valence-corrected chi connectivity index (χ2v) is 6.94. The van der Waals surface area contributed by atoms with Crippen LogP contribution in [0, 0.1) is 0 Å². The third kappa shape index (κ3) is 4.91. The maximum absolute atomic E-state index is 12.2. The van der Waals surface area contributed by atoms with Crippen LogP contribution in [0.5, 0.6) is 5.75 Å². The number of amides is 1. The molecule has 0 heterocycles. The van der Waals surface area contributed by atoms with Crippen LogP contribution >= 0.6 is 0 Å². The molecular formula is C15H24N2O4S. The molecule has 0 radical (unpaired) electrons. The summed E-state index contributed by atoms with van der Waals surface area (Å²) in [4.78, 5) is 12.2. The number of carbonyl (C=O) groups is 1. The minimum atomic E-state index is -3.58.